The Balaban J connectivity index is 2.27. The van der Waals surface area contributed by atoms with E-state index in [1.165, 1.54) is 0 Å². The number of ketones is 1. The third-order valence-corrected chi connectivity index (χ3v) is 4.24. The molecule has 1 fully saturated rings. The van der Waals surface area contributed by atoms with Crippen LogP contribution < -0.4 is 4.90 Å². The van der Waals surface area contributed by atoms with E-state index in [0.29, 0.717) is 18.6 Å². The van der Waals surface area contributed by atoms with Crippen LogP contribution in [-0.4, -0.2) is 17.7 Å². The molecule has 1 saturated carbocycles. The molecule has 0 saturated heterocycles. The van der Waals surface area contributed by atoms with Crippen molar-refractivity contribution < 1.29 is 9.59 Å². The molecular formula is C14H16INO2. The van der Waals surface area contributed by atoms with E-state index < -0.39 is 0 Å². The molecule has 0 spiro atoms. The number of nitrogens with zero attached hydrogens (tertiary/aromatic N) is 1. The van der Waals surface area contributed by atoms with Crippen LogP contribution in [-0.2, 0) is 9.59 Å². The molecule has 0 heterocycles. The summed E-state index contributed by atoms with van der Waals surface area (Å²) < 4.78 is 1.07. The van der Waals surface area contributed by atoms with Gasteiger partial charge in [0.2, 0.25) is 5.91 Å². The van der Waals surface area contributed by atoms with Crippen LogP contribution in [0.1, 0.15) is 32.6 Å². The van der Waals surface area contributed by atoms with Crippen LogP contribution in [0.4, 0.5) is 5.69 Å². The fourth-order valence-corrected chi connectivity index (χ4v) is 3.10. The third kappa shape index (κ3) is 2.91. The zero-order valence-corrected chi connectivity index (χ0v) is 12.5. The predicted molar refractivity (Wildman–Crippen MR) is 79.6 cm³/mol. The van der Waals surface area contributed by atoms with E-state index in [4.69, 9.17) is 0 Å². The summed E-state index contributed by atoms with van der Waals surface area (Å²) in [6.07, 6.45) is 2.75. The molecule has 0 aliphatic heterocycles. The van der Waals surface area contributed by atoms with Crippen molar-refractivity contribution in [2.75, 3.05) is 4.90 Å². The van der Waals surface area contributed by atoms with Gasteiger partial charge in [0.05, 0.1) is 5.69 Å². The maximum Gasteiger partial charge on any atom is 0.224 e. The minimum Gasteiger partial charge on any atom is -0.309 e. The fourth-order valence-electron chi connectivity index (χ4n) is 2.45. The highest BCUT2D eigenvalue weighted by molar-refractivity contribution is 14.1. The van der Waals surface area contributed by atoms with Gasteiger partial charge in [0.25, 0.3) is 0 Å². The molecule has 2 rings (SSSR count). The van der Waals surface area contributed by atoms with Gasteiger partial charge in [-0.15, -0.1) is 0 Å². The monoisotopic (exact) mass is 357 g/mol. The molecule has 0 unspecified atom stereocenters. The first-order valence-electron chi connectivity index (χ1n) is 6.15. The Morgan fingerprint density at radius 2 is 1.89 bits per heavy atom. The van der Waals surface area contributed by atoms with Crippen molar-refractivity contribution in [3.63, 3.8) is 0 Å². The van der Waals surface area contributed by atoms with E-state index in [-0.39, 0.29) is 11.9 Å². The van der Waals surface area contributed by atoms with Gasteiger partial charge < -0.3 is 4.90 Å². The van der Waals surface area contributed by atoms with E-state index in [1.807, 2.05) is 29.2 Å². The number of hydrogen-bond acceptors (Lipinski definition) is 2. The second-order valence-corrected chi connectivity index (χ2v) is 5.77. The van der Waals surface area contributed by atoms with Crippen LogP contribution in [0.2, 0.25) is 0 Å². The summed E-state index contributed by atoms with van der Waals surface area (Å²) in [5.74, 6) is 0.371. The first-order chi connectivity index (χ1) is 8.59. The summed E-state index contributed by atoms with van der Waals surface area (Å²) in [7, 11) is 0. The average molecular weight is 357 g/mol. The van der Waals surface area contributed by atoms with Gasteiger partial charge in [0, 0.05) is 29.4 Å². The highest BCUT2D eigenvalue weighted by Gasteiger charge is 2.28. The summed E-state index contributed by atoms with van der Waals surface area (Å²) in [5, 5.41) is 0. The lowest BCUT2D eigenvalue weighted by Gasteiger charge is -2.33. The Hall–Kier alpha value is -0.910. The van der Waals surface area contributed by atoms with Gasteiger partial charge in [0.1, 0.15) is 5.78 Å². The zero-order chi connectivity index (χ0) is 13.1. The molecule has 0 radical (unpaired) electrons. The quantitative estimate of drug-likeness (QED) is 0.763. The van der Waals surface area contributed by atoms with Crippen LogP contribution in [0, 0.1) is 3.57 Å². The van der Waals surface area contributed by atoms with Gasteiger partial charge in [-0.25, -0.2) is 0 Å². The zero-order valence-electron chi connectivity index (χ0n) is 10.4. The van der Waals surface area contributed by atoms with Crippen molar-refractivity contribution in [2.45, 2.75) is 38.6 Å². The number of rotatable bonds is 2. The number of halogens is 1. The number of anilines is 1. The summed E-state index contributed by atoms with van der Waals surface area (Å²) in [6, 6.07) is 8.05. The molecule has 0 bridgehead atoms. The van der Waals surface area contributed by atoms with Gasteiger partial charge in [-0.2, -0.15) is 0 Å². The molecule has 18 heavy (non-hydrogen) atoms. The largest absolute Gasteiger partial charge is 0.309 e. The van der Waals surface area contributed by atoms with E-state index in [0.717, 1.165) is 22.1 Å². The number of hydrogen-bond donors (Lipinski definition) is 0. The maximum atomic E-state index is 11.9. The highest BCUT2D eigenvalue weighted by Crippen LogP contribution is 2.29. The molecule has 3 nitrogen and oxygen atoms in total. The van der Waals surface area contributed by atoms with E-state index in [9.17, 15) is 9.59 Å². The summed E-state index contributed by atoms with van der Waals surface area (Å²) in [5.41, 5.74) is 0.963. The van der Waals surface area contributed by atoms with Crippen LogP contribution in [0.25, 0.3) is 0 Å². The predicted octanol–water partition coefficient (Wildman–Crippen LogP) is 3.16. The topological polar surface area (TPSA) is 37.4 Å². The Labute approximate surface area is 121 Å². The third-order valence-electron chi connectivity index (χ3n) is 3.33. The maximum absolute atomic E-state index is 11.9. The SMILES string of the molecule is CC(=O)N(c1ccccc1I)C1CCC(=O)CC1. The Bertz CT molecular complexity index is 463. The molecule has 0 aromatic heterocycles. The Kier molecular flexibility index (Phi) is 4.37. The molecule has 0 N–H and O–H groups in total. The number of carbonyl (C=O) groups excluding carboxylic acids is 2. The van der Waals surface area contributed by atoms with Crippen molar-refractivity contribution in [1.82, 2.24) is 0 Å². The van der Waals surface area contributed by atoms with Crippen LogP contribution in [0.15, 0.2) is 24.3 Å². The lowest BCUT2D eigenvalue weighted by Crippen LogP contribution is -2.41. The van der Waals surface area contributed by atoms with Crippen LogP contribution >= 0.6 is 22.6 Å². The minimum absolute atomic E-state index is 0.0541. The molecule has 1 aromatic carbocycles. The lowest BCUT2D eigenvalue weighted by atomic mass is 9.92. The standard InChI is InChI=1S/C14H16INO2/c1-10(17)16(11-6-8-12(18)9-7-11)14-5-3-2-4-13(14)15/h2-5,11H,6-9H2,1H3. The van der Waals surface area contributed by atoms with Gasteiger partial charge in [-0.1, -0.05) is 12.1 Å². The summed E-state index contributed by atoms with van der Waals surface area (Å²) >= 11 is 2.25. The first-order valence-corrected chi connectivity index (χ1v) is 7.23. The summed E-state index contributed by atoms with van der Waals surface area (Å²) in [6.45, 7) is 1.60. The second-order valence-electron chi connectivity index (χ2n) is 4.61. The molecule has 1 aliphatic rings. The molecule has 1 amide bonds. The Morgan fingerprint density at radius 3 is 2.44 bits per heavy atom. The average Bonchev–Trinajstić information content (AvgIpc) is 2.34. The molecule has 0 atom stereocenters. The number of para-hydroxylation sites is 1. The minimum atomic E-state index is 0.0541. The summed E-state index contributed by atoms with van der Waals surface area (Å²) in [4.78, 5) is 25.1. The molecule has 96 valence electrons. The molecule has 4 heteroatoms. The van der Waals surface area contributed by atoms with Gasteiger partial charge in [-0.3, -0.25) is 9.59 Å². The van der Waals surface area contributed by atoms with Crippen molar-refractivity contribution in [3.8, 4) is 0 Å². The van der Waals surface area contributed by atoms with E-state index in [2.05, 4.69) is 22.6 Å². The molecule has 1 aromatic rings. The normalized spacial score (nSPS) is 16.7. The van der Waals surface area contributed by atoms with Gasteiger partial charge in [0.15, 0.2) is 0 Å². The smallest absolute Gasteiger partial charge is 0.224 e. The number of Topliss-reactive ketones (excluding diaryl/α,β-unsaturated/α-hetero) is 1. The number of amides is 1. The van der Waals surface area contributed by atoms with E-state index in [1.54, 1.807) is 6.92 Å². The van der Waals surface area contributed by atoms with E-state index >= 15 is 0 Å². The van der Waals surface area contributed by atoms with Crippen LogP contribution in [0.3, 0.4) is 0 Å². The second kappa shape index (κ2) is 5.82. The van der Waals surface area contributed by atoms with Gasteiger partial charge >= 0.3 is 0 Å². The van der Waals surface area contributed by atoms with Crippen LogP contribution in [0.5, 0.6) is 0 Å². The van der Waals surface area contributed by atoms with Gasteiger partial charge in [-0.05, 0) is 47.6 Å². The fraction of sp³-hybridized carbons (Fsp3) is 0.429. The first kappa shape index (κ1) is 13.5. The molecule has 1 aliphatic carbocycles. The van der Waals surface area contributed by atoms with Crippen molar-refractivity contribution >= 4 is 40.0 Å². The highest BCUT2D eigenvalue weighted by atomic mass is 127. The number of carbonyl (C=O) groups is 2. The molecular weight excluding hydrogens is 341 g/mol. The van der Waals surface area contributed by atoms with Crippen molar-refractivity contribution in [2.24, 2.45) is 0 Å². The van der Waals surface area contributed by atoms with Crippen molar-refractivity contribution in [3.05, 3.63) is 27.8 Å². The Morgan fingerprint density at radius 1 is 1.28 bits per heavy atom. The lowest BCUT2D eigenvalue weighted by molar-refractivity contribution is -0.122. The number of benzene rings is 1. The van der Waals surface area contributed by atoms with Crippen molar-refractivity contribution in [1.29, 1.82) is 0 Å².